The van der Waals surface area contributed by atoms with Crippen molar-refractivity contribution < 1.29 is 0 Å². The van der Waals surface area contributed by atoms with Gasteiger partial charge in [0.1, 0.15) is 6.07 Å². The van der Waals surface area contributed by atoms with Gasteiger partial charge in [0, 0.05) is 10.1 Å². The monoisotopic (exact) mass is 273 g/mol. The zero-order valence-corrected chi connectivity index (χ0v) is 13.0. The lowest BCUT2D eigenvalue weighted by molar-refractivity contribution is 0.516. The van der Waals surface area contributed by atoms with E-state index in [0.29, 0.717) is 5.25 Å². The van der Waals surface area contributed by atoms with Gasteiger partial charge in [0.2, 0.25) is 0 Å². The molecule has 0 heterocycles. The predicted octanol–water partition coefficient (Wildman–Crippen LogP) is 5.28. The molecule has 0 aromatic heterocycles. The van der Waals surface area contributed by atoms with E-state index >= 15 is 0 Å². The molecule has 0 saturated heterocycles. The molecular weight excluding hydrogens is 250 g/mol. The minimum absolute atomic E-state index is 0.149. The minimum Gasteiger partial charge on any atom is -0.192 e. The Hall–Kier alpha value is -0.940. The Morgan fingerprint density at radius 2 is 1.84 bits per heavy atom. The molecule has 0 radical (unpaired) electrons. The average Bonchev–Trinajstić information content (AvgIpc) is 2.39. The van der Waals surface area contributed by atoms with Crippen LogP contribution in [0.15, 0.2) is 23.1 Å². The third kappa shape index (κ3) is 3.76. The molecular formula is C17H23NS. The van der Waals surface area contributed by atoms with Crippen molar-refractivity contribution in [3.05, 3.63) is 29.3 Å². The highest BCUT2D eigenvalue weighted by Gasteiger charge is 2.19. The first-order valence-electron chi connectivity index (χ1n) is 7.22. The summed E-state index contributed by atoms with van der Waals surface area (Å²) in [5.74, 6) is 0. The van der Waals surface area contributed by atoms with E-state index in [9.17, 15) is 5.26 Å². The Morgan fingerprint density at radius 3 is 2.42 bits per heavy atom. The van der Waals surface area contributed by atoms with Crippen molar-refractivity contribution in [1.29, 1.82) is 5.26 Å². The summed E-state index contributed by atoms with van der Waals surface area (Å²) in [5.41, 5.74) is 2.31. The van der Waals surface area contributed by atoms with E-state index in [0.717, 1.165) is 5.56 Å². The summed E-state index contributed by atoms with van der Waals surface area (Å²) in [6.45, 7) is 6.68. The fourth-order valence-corrected chi connectivity index (χ4v) is 3.91. The largest absolute Gasteiger partial charge is 0.192 e. The lowest BCUT2D eigenvalue weighted by atomic mass is 9.87. The van der Waals surface area contributed by atoms with Gasteiger partial charge < -0.3 is 0 Å². The topological polar surface area (TPSA) is 23.8 Å². The second-order valence-electron chi connectivity index (χ2n) is 6.45. The van der Waals surface area contributed by atoms with E-state index in [4.69, 9.17) is 0 Å². The van der Waals surface area contributed by atoms with Crippen LogP contribution in [0.3, 0.4) is 0 Å². The van der Waals surface area contributed by atoms with Crippen LogP contribution in [0.5, 0.6) is 0 Å². The van der Waals surface area contributed by atoms with Gasteiger partial charge in [0.25, 0.3) is 0 Å². The van der Waals surface area contributed by atoms with Crippen molar-refractivity contribution in [3.63, 3.8) is 0 Å². The van der Waals surface area contributed by atoms with Crippen molar-refractivity contribution in [2.75, 3.05) is 0 Å². The Bertz CT molecular complexity index is 473. The standard InChI is InChI=1S/C17H23NS/c1-17(2,3)14-10-9-13(12-18)16(11-14)19-15-7-5-4-6-8-15/h9-11,15H,4-8H2,1-3H3. The van der Waals surface area contributed by atoms with Crippen LogP contribution in [0.4, 0.5) is 0 Å². The summed E-state index contributed by atoms with van der Waals surface area (Å²) in [6, 6.07) is 8.67. The van der Waals surface area contributed by atoms with Crippen molar-refractivity contribution in [1.82, 2.24) is 0 Å². The number of hydrogen-bond donors (Lipinski definition) is 0. The molecule has 2 rings (SSSR count). The van der Waals surface area contributed by atoms with E-state index < -0.39 is 0 Å². The number of rotatable bonds is 2. The first kappa shape index (κ1) is 14.5. The first-order chi connectivity index (χ1) is 9.00. The maximum absolute atomic E-state index is 9.28. The van der Waals surface area contributed by atoms with Crippen molar-refractivity contribution >= 4 is 11.8 Å². The first-order valence-corrected chi connectivity index (χ1v) is 8.10. The summed E-state index contributed by atoms with van der Waals surface area (Å²) in [6.07, 6.45) is 6.67. The van der Waals surface area contributed by atoms with Crippen molar-refractivity contribution in [2.45, 2.75) is 68.4 Å². The lowest BCUT2D eigenvalue weighted by Crippen LogP contribution is -2.12. The van der Waals surface area contributed by atoms with Crippen LogP contribution in [0.2, 0.25) is 0 Å². The highest BCUT2D eigenvalue weighted by molar-refractivity contribution is 8.00. The number of thioether (sulfide) groups is 1. The van der Waals surface area contributed by atoms with Gasteiger partial charge in [0.15, 0.2) is 0 Å². The third-order valence-electron chi connectivity index (χ3n) is 3.81. The van der Waals surface area contributed by atoms with Crippen LogP contribution < -0.4 is 0 Å². The van der Waals surface area contributed by atoms with E-state index in [2.05, 4.69) is 39.0 Å². The van der Waals surface area contributed by atoms with Gasteiger partial charge in [-0.25, -0.2) is 0 Å². The normalized spacial score (nSPS) is 17.2. The third-order valence-corrected chi connectivity index (χ3v) is 5.21. The molecule has 0 atom stereocenters. The Balaban J connectivity index is 2.23. The quantitative estimate of drug-likeness (QED) is 0.732. The molecule has 1 aromatic carbocycles. The van der Waals surface area contributed by atoms with E-state index in [-0.39, 0.29) is 5.41 Å². The molecule has 1 aromatic rings. The zero-order valence-electron chi connectivity index (χ0n) is 12.2. The number of nitrogens with zero attached hydrogens (tertiary/aromatic N) is 1. The van der Waals surface area contributed by atoms with Gasteiger partial charge in [-0.15, -0.1) is 11.8 Å². The van der Waals surface area contributed by atoms with Gasteiger partial charge in [-0.05, 0) is 36.0 Å². The van der Waals surface area contributed by atoms with Crippen LogP contribution >= 0.6 is 11.8 Å². The second kappa shape index (κ2) is 6.01. The van der Waals surface area contributed by atoms with Crippen LogP contribution in [-0.4, -0.2) is 5.25 Å². The molecule has 1 aliphatic carbocycles. The number of nitriles is 1. The van der Waals surface area contributed by atoms with Crippen molar-refractivity contribution in [3.8, 4) is 6.07 Å². The van der Waals surface area contributed by atoms with Crippen LogP contribution in [0.1, 0.15) is 64.0 Å². The molecule has 1 nitrogen and oxygen atoms in total. The SMILES string of the molecule is CC(C)(C)c1ccc(C#N)c(SC2CCCCC2)c1. The van der Waals surface area contributed by atoms with Crippen molar-refractivity contribution in [2.24, 2.45) is 0 Å². The molecule has 0 aliphatic heterocycles. The van der Waals surface area contributed by atoms with E-state index in [1.54, 1.807) is 0 Å². The molecule has 0 bridgehead atoms. The summed E-state index contributed by atoms with van der Waals surface area (Å²) in [4.78, 5) is 1.18. The smallest absolute Gasteiger partial charge is 0.100 e. The fraction of sp³-hybridized carbons (Fsp3) is 0.588. The molecule has 19 heavy (non-hydrogen) atoms. The summed E-state index contributed by atoms with van der Waals surface area (Å²) < 4.78 is 0. The number of benzene rings is 1. The van der Waals surface area contributed by atoms with Crippen LogP contribution in [-0.2, 0) is 5.41 Å². The maximum Gasteiger partial charge on any atom is 0.100 e. The highest BCUT2D eigenvalue weighted by Crippen LogP contribution is 2.37. The maximum atomic E-state index is 9.28. The lowest BCUT2D eigenvalue weighted by Gasteiger charge is -2.24. The number of hydrogen-bond acceptors (Lipinski definition) is 2. The Morgan fingerprint density at radius 1 is 1.16 bits per heavy atom. The molecule has 0 spiro atoms. The molecule has 0 N–H and O–H groups in total. The van der Waals surface area contributed by atoms with Crippen LogP contribution in [0, 0.1) is 11.3 Å². The fourth-order valence-electron chi connectivity index (χ4n) is 2.54. The van der Waals surface area contributed by atoms with E-state index in [1.165, 1.54) is 42.6 Å². The van der Waals surface area contributed by atoms with Gasteiger partial charge in [0.05, 0.1) is 5.56 Å². The minimum atomic E-state index is 0.149. The van der Waals surface area contributed by atoms with Gasteiger partial charge in [-0.1, -0.05) is 46.1 Å². The Kier molecular flexibility index (Phi) is 4.58. The van der Waals surface area contributed by atoms with Gasteiger partial charge in [-0.3, -0.25) is 0 Å². The van der Waals surface area contributed by atoms with E-state index in [1.807, 2.05) is 17.8 Å². The predicted molar refractivity (Wildman–Crippen MR) is 82.6 cm³/mol. The zero-order chi connectivity index (χ0) is 13.9. The van der Waals surface area contributed by atoms with Gasteiger partial charge >= 0.3 is 0 Å². The van der Waals surface area contributed by atoms with Crippen LogP contribution in [0.25, 0.3) is 0 Å². The Labute approximate surface area is 121 Å². The van der Waals surface area contributed by atoms with Gasteiger partial charge in [-0.2, -0.15) is 5.26 Å². The summed E-state index contributed by atoms with van der Waals surface area (Å²) in [5, 5.41) is 9.98. The molecule has 102 valence electrons. The molecule has 1 saturated carbocycles. The summed E-state index contributed by atoms with van der Waals surface area (Å²) in [7, 11) is 0. The molecule has 1 aliphatic rings. The molecule has 1 fully saturated rings. The molecule has 0 unspecified atom stereocenters. The highest BCUT2D eigenvalue weighted by atomic mass is 32.2. The molecule has 0 amide bonds. The second-order valence-corrected chi connectivity index (χ2v) is 7.79. The summed E-state index contributed by atoms with van der Waals surface area (Å²) >= 11 is 1.92. The molecule has 2 heteroatoms. The average molecular weight is 273 g/mol.